The van der Waals surface area contributed by atoms with Gasteiger partial charge in [-0.25, -0.2) is 4.98 Å². The van der Waals surface area contributed by atoms with Crippen LogP contribution in [0.15, 0.2) is 59.4 Å². The number of rotatable bonds is 3. The Hall–Kier alpha value is -2.10. The lowest BCUT2D eigenvalue weighted by molar-refractivity contribution is 1.02. The molecule has 0 aliphatic heterocycles. The summed E-state index contributed by atoms with van der Waals surface area (Å²) in [6.45, 7) is 2.11. The Kier molecular flexibility index (Phi) is 3.68. The second kappa shape index (κ2) is 5.84. The first-order chi connectivity index (χ1) is 11.2. The van der Waals surface area contributed by atoms with E-state index in [0.717, 1.165) is 28.3 Å². The maximum Gasteiger partial charge on any atom is 0.137 e. The number of halogens is 1. The van der Waals surface area contributed by atoms with Gasteiger partial charge in [-0.05, 0) is 53.1 Å². The first kappa shape index (κ1) is 14.5. The molecule has 0 fully saturated rings. The fourth-order valence-corrected chi connectivity index (χ4v) is 3.59. The van der Waals surface area contributed by atoms with Crippen LogP contribution in [-0.4, -0.2) is 9.38 Å². The summed E-state index contributed by atoms with van der Waals surface area (Å²) in [4.78, 5) is 4.86. The molecule has 0 saturated heterocycles. The molecule has 23 heavy (non-hydrogen) atoms. The van der Waals surface area contributed by atoms with Crippen LogP contribution in [-0.2, 0) is 6.42 Å². The molecule has 0 spiro atoms. The minimum atomic E-state index is 0.743. The smallest absolute Gasteiger partial charge is 0.137 e. The Balaban J connectivity index is 1.93. The molecule has 2 nitrogen and oxygen atoms in total. The van der Waals surface area contributed by atoms with E-state index in [4.69, 9.17) is 16.6 Å². The third kappa shape index (κ3) is 2.78. The van der Waals surface area contributed by atoms with Crippen molar-refractivity contribution >= 4 is 28.6 Å². The predicted octanol–water partition coefficient (Wildman–Crippen LogP) is 5.62. The predicted molar refractivity (Wildman–Crippen MR) is 97.5 cm³/mol. The molecule has 4 heteroatoms. The van der Waals surface area contributed by atoms with Gasteiger partial charge in [0.2, 0.25) is 0 Å². The van der Waals surface area contributed by atoms with Gasteiger partial charge in [-0.3, -0.25) is 0 Å². The Morgan fingerprint density at radius 3 is 2.65 bits per heavy atom. The zero-order valence-electron chi connectivity index (χ0n) is 12.7. The van der Waals surface area contributed by atoms with Crippen molar-refractivity contribution in [3.8, 4) is 11.3 Å². The summed E-state index contributed by atoms with van der Waals surface area (Å²) in [5.74, 6) is 0. The van der Waals surface area contributed by atoms with Crippen molar-refractivity contribution in [2.24, 2.45) is 0 Å². The lowest BCUT2D eigenvalue weighted by Crippen LogP contribution is -1.96. The highest BCUT2D eigenvalue weighted by atomic mass is 35.5. The number of aryl methyl sites for hydroxylation is 1. The van der Waals surface area contributed by atoms with Crippen LogP contribution in [0.5, 0.6) is 0 Å². The van der Waals surface area contributed by atoms with Crippen LogP contribution in [0.4, 0.5) is 0 Å². The summed E-state index contributed by atoms with van der Waals surface area (Å²) in [7, 11) is 0. The van der Waals surface area contributed by atoms with Crippen molar-refractivity contribution in [2.45, 2.75) is 13.3 Å². The standard InChI is InChI=1S/C19H15ClN2S/c1-13-2-7-18-21-19(15-3-5-16(20)6-4-15)17(22(18)11-13)10-14-8-9-23-12-14/h2-9,11-12H,10H2,1H3. The number of benzene rings is 1. The largest absolute Gasteiger partial charge is 0.303 e. The second-order valence-corrected chi connectivity index (χ2v) is 6.87. The minimum Gasteiger partial charge on any atom is -0.303 e. The Labute approximate surface area is 144 Å². The normalized spacial score (nSPS) is 11.2. The van der Waals surface area contributed by atoms with E-state index in [-0.39, 0.29) is 0 Å². The average molecular weight is 339 g/mol. The lowest BCUT2D eigenvalue weighted by atomic mass is 10.1. The molecular formula is C19H15ClN2S. The van der Waals surface area contributed by atoms with Gasteiger partial charge < -0.3 is 4.40 Å². The van der Waals surface area contributed by atoms with Crippen molar-refractivity contribution in [1.29, 1.82) is 0 Å². The lowest BCUT2D eigenvalue weighted by Gasteiger charge is -2.05. The van der Waals surface area contributed by atoms with Gasteiger partial charge in [0, 0.05) is 23.2 Å². The van der Waals surface area contributed by atoms with Gasteiger partial charge in [-0.1, -0.05) is 29.8 Å². The van der Waals surface area contributed by atoms with Crippen molar-refractivity contribution in [3.05, 3.63) is 81.3 Å². The molecule has 1 aromatic carbocycles. The fourth-order valence-electron chi connectivity index (χ4n) is 2.79. The first-order valence-electron chi connectivity index (χ1n) is 7.45. The molecule has 0 aliphatic rings. The number of aromatic nitrogens is 2. The van der Waals surface area contributed by atoms with Crippen LogP contribution in [0.25, 0.3) is 16.9 Å². The summed E-state index contributed by atoms with van der Waals surface area (Å²) in [5, 5.41) is 5.06. The Morgan fingerprint density at radius 2 is 1.91 bits per heavy atom. The zero-order valence-corrected chi connectivity index (χ0v) is 14.2. The van der Waals surface area contributed by atoms with Crippen molar-refractivity contribution in [2.75, 3.05) is 0 Å². The van der Waals surface area contributed by atoms with Gasteiger partial charge in [-0.2, -0.15) is 11.3 Å². The van der Waals surface area contributed by atoms with Crippen LogP contribution in [0.3, 0.4) is 0 Å². The average Bonchev–Trinajstić information content (AvgIpc) is 3.17. The van der Waals surface area contributed by atoms with Gasteiger partial charge >= 0.3 is 0 Å². The third-order valence-electron chi connectivity index (χ3n) is 3.93. The van der Waals surface area contributed by atoms with E-state index in [0.29, 0.717) is 0 Å². The number of imidazole rings is 1. The van der Waals surface area contributed by atoms with Crippen molar-refractivity contribution in [1.82, 2.24) is 9.38 Å². The highest BCUT2D eigenvalue weighted by molar-refractivity contribution is 7.07. The van der Waals surface area contributed by atoms with E-state index in [2.05, 4.69) is 46.5 Å². The molecule has 3 heterocycles. The van der Waals surface area contributed by atoms with E-state index in [9.17, 15) is 0 Å². The van der Waals surface area contributed by atoms with Crippen molar-refractivity contribution in [3.63, 3.8) is 0 Å². The van der Waals surface area contributed by atoms with Gasteiger partial charge in [0.15, 0.2) is 0 Å². The highest BCUT2D eigenvalue weighted by Crippen LogP contribution is 2.28. The molecule has 0 bridgehead atoms. The molecule has 3 aromatic heterocycles. The third-order valence-corrected chi connectivity index (χ3v) is 4.92. The number of hydrogen-bond acceptors (Lipinski definition) is 2. The minimum absolute atomic E-state index is 0.743. The van der Waals surface area contributed by atoms with E-state index in [1.807, 2.05) is 24.3 Å². The van der Waals surface area contributed by atoms with Gasteiger partial charge in [0.25, 0.3) is 0 Å². The van der Waals surface area contributed by atoms with Crippen LogP contribution in [0.2, 0.25) is 5.02 Å². The molecule has 0 aliphatic carbocycles. The number of hydrogen-bond donors (Lipinski definition) is 0. The van der Waals surface area contributed by atoms with E-state index >= 15 is 0 Å². The Morgan fingerprint density at radius 1 is 1.09 bits per heavy atom. The van der Waals surface area contributed by atoms with Crippen LogP contribution in [0.1, 0.15) is 16.8 Å². The summed E-state index contributed by atoms with van der Waals surface area (Å²) in [6.07, 6.45) is 3.02. The molecule has 4 aromatic rings. The molecular weight excluding hydrogens is 324 g/mol. The Bertz CT molecular complexity index is 953. The quantitative estimate of drug-likeness (QED) is 0.474. The number of pyridine rings is 1. The topological polar surface area (TPSA) is 17.3 Å². The molecule has 0 atom stereocenters. The summed E-state index contributed by atoms with van der Waals surface area (Å²) in [5.41, 5.74) is 6.85. The molecule has 4 rings (SSSR count). The summed E-state index contributed by atoms with van der Waals surface area (Å²) in [6, 6.07) is 14.3. The van der Waals surface area contributed by atoms with Crippen LogP contribution >= 0.6 is 22.9 Å². The first-order valence-corrected chi connectivity index (χ1v) is 8.77. The maximum atomic E-state index is 6.03. The van der Waals surface area contributed by atoms with Gasteiger partial charge in [0.05, 0.1) is 11.4 Å². The number of thiophene rings is 1. The maximum absolute atomic E-state index is 6.03. The zero-order chi connectivity index (χ0) is 15.8. The molecule has 0 radical (unpaired) electrons. The van der Waals surface area contributed by atoms with Gasteiger partial charge in [0.1, 0.15) is 5.65 Å². The summed E-state index contributed by atoms with van der Waals surface area (Å²) < 4.78 is 2.21. The number of fused-ring (bicyclic) bond motifs is 1. The monoisotopic (exact) mass is 338 g/mol. The van der Waals surface area contributed by atoms with E-state index < -0.39 is 0 Å². The SMILES string of the molecule is Cc1ccc2nc(-c3ccc(Cl)cc3)c(Cc3ccsc3)n2c1. The van der Waals surface area contributed by atoms with Gasteiger partial charge in [-0.15, -0.1) is 0 Å². The molecule has 0 unspecified atom stereocenters. The molecule has 0 N–H and O–H groups in total. The molecule has 0 saturated carbocycles. The molecule has 0 amide bonds. The van der Waals surface area contributed by atoms with Crippen LogP contribution < -0.4 is 0 Å². The highest BCUT2D eigenvalue weighted by Gasteiger charge is 2.15. The van der Waals surface area contributed by atoms with E-state index in [1.54, 1.807) is 11.3 Å². The van der Waals surface area contributed by atoms with E-state index in [1.165, 1.54) is 16.8 Å². The number of nitrogens with zero attached hydrogens (tertiary/aromatic N) is 2. The fraction of sp³-hybridized carbons (Fsp3) is 0.105. The van der Waals surface area contributed by atoms with Crippen molar-refractivity contribution < 1.29 is 0 Å². The molecule has 114 valence electrons. The summed E-state index contributed by atoms with van der Waals surface area (Å²) >= 11 is 7.76. The second-order valence-electron chi connectivity index (χ2n) is 5.66. The van der Waals surface area contributed by atoms with Crippen LogP contribution in [0, 0.1) is 6.92 Å².